The van der Waals surface area contributed by atoms with E-state index in [1.807, 2.05) is 48.5 Å². The van der Waals surface area contributed by atoms with Crippen molar-refractivity contribution in [3.63, 3.8) is 0 Å². The Morgan fingerprint density at radius 3 is 2.10 bits per heavy atom. The molecule has 0 spiro atoms. The maximum Gasteiger partial charge on any atom is 0.230 e. The van der Waals surface area contributed by atoms with Crippen LogP contribution in [0.25, 0.3) is 22.4 Å². The quantitative estimate of drug-likeness (QED) is 0.371. The third-order valence-electron chi connectivity index (χ3n) is 4.89. The Bertz CT molecular complexity index is 1100. The minimum atomic E-state index is -0.0380. The van der Waals surface area contributed by atoms with E-state index < -0.39 is 0 Å². The molecule has 4 heteroatoms. The highest BCUT2D eigenvalue weighted by atomic mass is 32.1. The Kier molecular flexibility index (Phi) is 6.35. The van der Waals surface area contributed by atoms with Gasteiger partial charge in [-0.05, 0) is 23.1 Å². The maximum absolute atomic E-state index is 12.5. The Morgan fingerprint density at radius 2 is 1.43 bits per heavy atom. The van der Waals surface area contributed by atoms with Crippen LogP contribution in [-0.2, 0) is 17.6 Å². The van der Waals surface area contributed by atoms with Gasteiger partial charge >= 0.3 is 0 Å². The zero-order valence-electron chi connectivity index (χ0n) is 17.0. The van der Waals surface area contributed by atoms with E-state index in [0.717, 1.165) is 29.7 Å². The molecule has 0 saturated heterocycles. The predicted octanol–water partition coefficient (Wildman–Crippen LogP) is 6.61. The molecule has 1 aromatic heterocycles. The van der Waals surface area contributed by atoms with Gasteiger partial charge in [-0.3, -0.25) is 4.79 Å². The summed E-state index contributed by atoms with van der Waals surface area (Å²) in [5, 5.41) is 3.65. The standard InChI is InChI=1S/C26H24N2OS/c1-2-9-23-25(22-16-14-21(15-17-22)20-12-7-4-8-13-20)28-26(30-23)27-24(29)18-19-10-5-3-6-11-19/h3-8,10-17H,2,9,18H2,1H3,(H,27,28,29). The molecular weight excluding hydrogens is 388 g/mol. The number of hydrogen-bond donors (Lipinski definition) is 1. The van der Waals surface area contributed by atoms with Gasteiger partial charge in [0.1, 0.15) is 0 Å². The minimum absolute atomic E-state index is 0.0380. The summed E-state index contributed by atoms with van der Waals surface area (Å²) in [5.41, 5.74) is 5.43. The van der Waals surface area contributed by atoms with Gasteiger partial charge < -0.3 is 5.32 Å². The minimum Gasteiger partial charge on any atom is -0.302 e. The molecule has 30 heavy (non-hydrogen) atoms. The number of rotatable bonds is 7. The highest BCUT2D eigenvalue weighted by Crippen LogP contribution is 2.33. The van der Waals surface area contributed by atoms with Crippen LogP contribution in [0.4, 0.5) is 5.13 Å². The van der Waals surface area contributed by atoms with E-state index in [2.05, 4.69) is 48.6 Å². The third kappa shape index (κ3) is 4.84. The molecule has 1 heterocycles. The summed E-state index contributed by atoms with van der Waals surface area (Å²) in [4.78, 5) is 18.4. The molecular formula is C26H24N2OS. The van der Waals surface area contributed by atoms with Crippen LogP contribution in [-0.4, -0.2) is 10.9 Å². The lowest BCUT2D eigenvalue weighted by Gasteiger charge is -2.05. The van der Waals surface area contributed by atoms with E-state index in [0.29, 0.717) is 11.6 Å². The van der Waals surface area contributed by atoms with Crippen molar-refractivity contribution in [2.75, 3.05) is 5.32 Å². The molecule has 0 aliphatic carbocycles. The van der Waals surface area contributed by atoms with Gasteiger partial charge in [0.25, 0.3) is 0 Å². The number of benzene rings is 3. The van der Waals surface area contributed by atoms with E-state index in [4.69, 9.17) is 4.98 Å². The highest BCUT2D eigenvalue weighted by Gasteiger charge is 2.15. The number of thiazole rings is 1. The second kappa shape index (κ2) is 9.51. The van der Waals surface area contributed by atoms with E-state index in [1.165, 1.54) is 16.0 Å². The normalized spacial score (nSPS) is 10.7. The molecule has 0 aliphatic rings. The van der Waals surface area contributed by atoms with Crippen molar-refractivity contribution in [2.45, 2.75) is 26.2 Å². The molecule has 150 valence electrons. The second-order valence-corrected chi connectivity index (χ2v) is 8.28. The van der Waals surface area contributed by atoms with Gasteiger partial charge in [-0.2, -0.15) is 0 Å². The molecule has 0 saturated carbocycles. The summed E-state index contributed by atoms with van der Waals surface area (Å²) in [6.45, 7) is 2.16. The number of nitrogens with one attached hydrogen (secondary N) is 1. The maximum atomic E-state index is 12.5. The van der Waals surface area contributed by atoms with Gasteiger partial charge in [0.2, 0.25) is 5.91 Å². The van der Waals surface area contributed by atoms with Crippen molar-refractivity contribution in [1.82, 2.24) is 4.98 Å². The summed E-state index contributed by atoms with van der Waals surface area (Å²) >= 11 is 1.58. The molecule has 0 radical (unpaired) electrons. The first-order valence-electron chi connectivity index (χ1n) is 10.2. The first-order chi connectivity index (χ1) is 14.7. The lowest BCUT2D eigenvalue weighted by molar-refractivity contribution is -0.115. The fourth-order valence-electron chi connectivity index (χ4n) is 3.42. The van der Waals surface area contributed by atoms with Crippen LogP contribution in [0, 0.1) is 0 Å². The van der Waals surface area contributed by atoms with Crippen LogP contribution in [0.1, 0.15) is 23.8 Å². The van der Waals surface area contributed by atoms with Gasteiger partial charge in [0.15, 0.2) is 5.13 Å². The predicted molar refractivity (Wildman–Crippen MR) is 126 cm³/mol. The number of nitrogens with zero attached hydrogens (tertiary/aromatic N) is 1. The van der Waals surface area contributed by atoms with Crippen molar-refractivity contribution < 1.29 is 4.79 Å². The van der Waals surface area contributed by atoms with Gasteiger partial charge in [0, 0.05) is 10.4 Å². The van der Waals surface area contributed by atoms with Gasteiger partial charge in [-0.1, -0.05) is 98.3 Å². The Labute approximate surface area is 181 Å². The molecule has 0 fully saturated rings. The number of aryl methyl sites for hydroxylation is 1. The molecule has 0 bridgehead atoms. The topological polar surface area (TPSA) is 42.0 Å². The van der Waals surface area contributed by atoms with Crippen molar-refractivity contribution in [1.29, 1.82) is 0 Å². The van der Waals surface area contributed by atoms with Crippen LogP contribution in [0.5, 0.6) is 0 Å². The molecule has 4 rings (SSSR count). The van der Waals surface area contributed by atoms with Crippen molar-refractivity contribution in [3.05, 3.63) is 95.4 Å². The second-order valence-electron chi connectivity index (χ2n) is 7.19. The summed E-state index contributed by atoms with van der Waals surface area (Å²) in [6, 6.07) is 28.6. The molecule has 1 N–H and O–H groups in total. The Hall–Kier alpha value is -3.24. The number of hydrogen-bond acceptors (Lipinski definition) is 3. The summed E-state index contributed by atoms with van der Waals surface area (Å²) in [6.07, 6.45) is 2.33. The van der Waals surface area contributed by atoms with E-state index >= 15 is 0 Å². The third-order valence-corrected chi connectivity index (χ3v) is 5.92. The number of amides is 1. The smallest absolute Gasteiger partial charge is 0.230 e. The van der Waals surface area contributed by atoms with Crippen LogP contribution in [0.3, 0.4) is 0 Å². The van der Waals surface area contributed by atoms with Crippen LogP contribution < -0.4 is 5.32 Å². The zero-order valence-corrected chi connectivity index (χ0v) is 17.8. The molecule has 0 unspecified atom stereocenters. The van der Waals surface area contributed by atoms with Gasteiger partial charge in [-0.15, -0.1) is 11.3 Å². The highest BCUT2D eigenvalue weighted by molar-refractivity contribution is 7.16. The summed E-state index contributed by atoms with van der Waals surface area (Å²) in [5.74, 6) is -0.0380. The molecule has 3 nitrogen and oxygen atoms in total. The number of carbonyl (C=O) groups excluding carboxylic acids is 1. The number of anilines is 1. The monoisotopic (exact) mass is 412 g/mol. The number of carbonyl (C=O) groups is 1. The van der Waals surface area contributed by atoms with E-state index in [9.17, 15) is 4.79 Å². The molecule has 1 amide bonds. The average molecular weight is 413 g/mol. The average Bonchev–Trinajstić information content (AvgIpc) is 3.17. The van der Waals surface area contributed by atoms with Crippen LogP contribution in [0.2, 0.25) is 0 Å². The molecule has 4 aromatic rings. The summed E-state index contributed by atoms with van der Waals surface area (Å²) < 4.78 is 0. The fraction of sp³-hybridized carbons (Fsp3) is 0.154. The fourth-order valence-corrected chi connectivity index (χ4v) is 4.52. The largest absolute Gasteiger partial charge is 0.302 e. The van der Waals surface area contributed by atoms with Gasteiger partial charge in [0.05, 0.1) is 12.1 Å². The van der Waals surface area contributed by atoms with E-state index in [-0.39, 0.29) is 5.91 Å². The molecule has 0 atom stereocenters. The molecule has 3 aromatic carbocycles. The lowest BCUT2D eigenvalue weighted by atomic mass is 10.0. The summed E-state index contributed by atoms with van der Waals surface area (Å²) in [7, 11) is 0. The van der Waals surface area contributed by atoms with Crippen molar-refractivity contribution >= 4 is 22.4 Å². The number of aromatic nitrogens is 1. The SMILES string of the molecule is CCCc1sc(NC(=O)Cc2ccccc2)nc1-c1ccc(-c2ccccc2)cc1. The van der Waals surface area contributed by atoms with Crippen molar-refractivity contribution in [3.8, 4) is 22.4 Å². The molecule has 0 aliphatic heterocycles. The first-order valence-corrected chi connectivity index (χ1v) is 11.0. The first kappa shape index (κ1) is 20.0. The van der Waals surface area contributed by atoms with Crippen molar-refractivity contribution in [2.24, 2.45) is 0 Å². The van der Waals surface area contributed by atoms with Crippen LogP contribution in [0.15, 0.2) is 84.9 Å². The zero-order chi connectivity index (χ0) is 20.8. The van der Waals surface area contributed by atoms with Gasteiger partial charge in [-0.25, -0.2) is 4.98 Å². The van der Waals surface area contributed by atoms with E-state index in [1.54, 1.807) is 11.3 Å². The van der Waals surface area contributed by atoms with Crippen LogP contribution >= 0.6 is 11.3 Å². The Morgan fingerprint density at radius 1 is 0.833 bits per heavy atom. The Balaban J connectivity index is 1.54. The lowest BCUT2D eigenvalue weighted by Crippen LogP contribution is -2.14.